The van der Waals surface area contributed by atoms with E-state index in [1.165, 1.54) is 11.3 Å². The van der Waals surface area contributed by atoms with Crippen molar-refractivity contribution in [1.29, 1.82) is 0 Å². The number of anilines is 1. The van der Waals surface area contributed by atoms with Crippen LogP contribution in [0.5, 0.6) is 0 Å². The van der Waals surface area contributed by atoms with Crippen molar-refractivity contribution < 1.29 is 13.2 Å². The Hall–Kier alpha value is -0.820. The molecule has 0 amide bonds. The summed E-state index contributed by atoms with van der Waals surface area (Å²) in [5.41, 5.74) is 0.961. The monoisotopic (exact) mass is 281 g/mol. The third-order valence-corrected chi connectivity index (χ3v) is 3.71. The zero-order valence-corrected chi connectivity index (χ0v) is 11.6. The van der Waals surface area contributed by atoms with Gasteiger partial charge in [0.2, 0.25) is 0 Å². The second-order valence-electron chi connectivity index (χ2n) is 4.04. The molecule has 1 rings (SSSR count). The number of halogens is 3. The Morgan fingerprint density at radius 2 is 2.06 bits per heavy atom. The molecule has 0 fully saturated rings. The average molecular weight is 281 g/mol. The van der Waals surface area contributed by atoms with Gasteiger partial charge in [-0.15, -0.1) is 11.3 Å². The van der Waals surface area contributed by atoms with Gasteiger partial charge in [-0.3, -0.25) is 0 Å². The van der Waals surface area contributed by atoms with Crippen LogP contribution in [0.3, 0.4) is 0 Å². The minimum Gasteiger partial charge on any atom is -0.351 e. The van der Waals surface area contributed by atoms with Crippen LogP contribution in [0.15, 0.2) is 0 Å². The number of hydrogen-bond donors (Lipinski definition) is 1. The molecule has 0 spiro atoms. The van der Waals surface area contributed by atoms with Crippen molar-refractivity contribution in [1.82, 2.24) is 10.3 Å². The summed E-state index contributed by atoms with van der Waals surface area (Å²) in [5, 5.41) is 3.69. The molecule has 0 saturated carbocycles. The number of alkyl halides is 3. The quantitative estimate of drug-likeness (QED) is 0.869. The van der Waals surface area contributed by atoms with Crippen LogP contribution >= 0.6 is 11.3 Å². The maximum absolute atomic E-state index is 12.1. The molecule has 104 valence electrons. The summed E-state index contributed by atoms with van der Waals surface area (Å²) in [6.07, 6.45) is -4.14. The Bertz CT molecular complexity index is 376. The van der Waals surface area contributed by atoms with Gasteiger partial charge in [0.1, 0.15) is 0 Å². The molecule has 0 atom stereocenters. The Labute approximate surface area is 109 Å². The molecule has 0 saturated heterocycles. The van der Waals surface area contributed by atoms with Gasteiger partial charge in [0, 0.05) is 25.0 Å². The number of thiazole rings is 1. The lowest BCUT2D eigenvalue weighted by molar-refractivity contribution is -0.132. The van der Waals surface area contributed by atoms with Crippen molar-refractivity contribution in [3.8, 4) is 0 Å². The molecule has 1 heterocycles. The minimum absolute atomic E-state index is 0.0564. The van der Waals surface area contributed by atoms with E-state index < -0.39 is 12.6 Å². The van der Waals surface area contributed by atoms with E-state index in [1.807, 2.05) is 14.0 Å². The normalized spacial score (nSPS) is 11.9. The molecule has 3 nitrogen and oxygen atoms in total. The Balaban J connectivity index is 2.70. The van der Waals surface area contributed by atoms with Gasteiger partial charge in [-0.25, -0.2) is 4.98 Å². The molecule has 0 aliphatic rings. The predicted molar refractivity (Wildman–Crippen MR) is 68.2 cm³/mol. The lowest BCUT2D eigenvalue weighted by Gasteiger charge is -2.16. The second kappa shape index (κ2) is 6.38. The minimum atomic E-state index is -4.12. The highest BCUT2D eigenvalue weighted by molar-refractivity contribution is 7.15. The van der Waals surface area contributed by atoms with E-state index in [4.69, 9.17) is 0 Å². The lowest BCUT2D eigenvalue weighted by Crippen LogP contribution is -2.23. The van der Waals surface area contributed by atoms with E-state index in [9.17, 15) is 13.2 Å². The average Bonchev–Trinajstić information content (AvgIpc) is 2.69. The van der Waals surface area contributed by atoms with Crippen molar-refractivity contribution >= 4 is 16.5 Å². The molecular weight excluding hydrogens is 263 g/mol. The molecule has 0 aliphatic carbocycles. The maximum Gasteiger partial charge on any atom is 0.390 e. The topological polar surface area (TPSA) is 28.2 Å². The number of rotatable bonds is 6. The van der Waals surface area contributed by atoms with E-state index in [0.717, 1.165) is 17.0 Å². The summed E-state index contributed by atoms with van der Waals surface area (Å²) in [7, 11) is 3.49. The van der Waals surface area contributed by atoms with Gasteiger partial charge in [-0.05, 0) is 13.5 Å². The number of aromatic nitrogens is 1. The van der Waals surface area contributed by atoms with E-state index in [0.29, 0.717) is 11.7 Å². The molecule has 0 unspecified atom stereocenters. The van der Waals surface area contributed by atoms with E-state index in [1.54, 1.807) is 11.9 Å². The highest BCUT2D eigenvalue weighted by Gasteiger charge is 2.27. The predicted octanol–water partition coefficient (Wildman–Crippen LogP) is 2.81. The van der Waals surface area contributed by atoms with Gasteiger partial charge >= 0.3 is 6.18 Å². The molecule has 18 heavy (non-hydrogen) atoms. The summed E-state index contributed by atoms with van der Waals surface area (Å²) in [5.74, 6) is 0. The van der Waals surface area contributed by atoms with E-state index in [2.05, 4.69) is 10.3 Å². The Morgan fingerprint density at radius 3 is 2.56 bits per heavy atom. The first-order valence-corrected chi connectivity index (χ1v) is 6.60. The number of nitrogens with zero attached hydrogens (tertiary/aromatic N) is 2. The smallest absolute Gasteiger partial charge is 0.351 e. The third-order valence-electron chi connectivity index (χ3n) is 2.50. The zero-order valence-electron chi connectivity index (χ0n) is 10.8. The van der Waals surface area contributed by atoms with Crippen molar-refractivity contribution in [2.45, 2.75) is 32.5 Å². The lowest BCUT2D eigenvalue weighted by atomic mass is 10.3. The van der Waals surface area contributed by atoms with Crippen LogP contribution in [-0.2, 0) is 13.0 Å². The van der Waals surface area contributed by atoms with E-state index in [-0.39, 0.29) is 6.54 Å². The third kappa shape index (κ3) is 4.45. The molecule has 0 aliphatic heterocycles. The van der Waals surface area contributed by atoms with Crippen LogP contribution < -0.4 is 10.2 Å². The van der Waals surface area contributed by atoms with Crippen LogP contribution in [-0.4, -0.2) is 31.8 Å². The van der Waals surface area contributed by atoms with Crippen molar-refractivity contribution in [2.24, 2.45) is 0 Å². The molecule has 1 aromatic rings. The van der Waals surface area contributed by atoms with Gasteiger partial charge in [-0.2, -0.15) is 13.2 Å². The van der Waals surface area contributed by atoms with Gasteiger partial charge in [-0.1, -0.05) is 6.92 Å². The largest absolute Gasteiger partial charge is 0.390 e. The van der Waals surface area contributed by atoms with Crippen LogP contribution in [0.1, 0.15) is 23.9 Å². The summed E-state index contributed by atoms with van der Waals surface area (Å²) in [4.78, 5) is 7.04. The fourth-order valence-electron chi connectivity index (χ4n) is 1.50. The highest BCUT2D eigenvalue weighted by atomic mass is 32.1. The van der Waals surface area contributed by atoms with E-state index >= 15 is 0 Å². The summed E-state index contributed by atoms with van der Waals surface area (Å²) < 4.78 is 36.4. The highest BCUT2D eigenvalue weighted by Crippen LogP contribution is 2.27. The summed E-state index contributed by atoms with van der Waals surface area (Å²) >= 11 is 1.45. The van der Waals surface area contributed by atoms with Gasteiger partial charge in [0.15, 0.2) is 5.13 Å². The SMILES string of the molecule is CCc1nc(N(C)CCC(F)(F)F)sc1CNC. The number of nitrogens with one attached hydrogen (secondary N) is 1. The van der Waals surface area contributed by atoms with Crippen LogP contribution in [0, 0.1) is 0 Å². The molecule has 1 aromatic heterocycles. The Kier molecular flexibility index (Phi) is 5.40. The standard InChI is InChI=1S/C11H18F3N3S/c1-4-8-9(7-15-2)18-10(16-8)17(3)6-5-11(12,13)14/h15H,4-7H2,1-3H3. The first-order chi connectivity index (χ1) is 8.37. The van der Waals surface area contributed by atoms with Crippen molar-refractivity contribution in [3.63, 3.8) is 0 Å². The number of aryl methyl sites for hydroxylation is 1. The molecule has 0 bridgehead atoms. The van der Waals surface area contributed by atoms with Crippen LogP contribution in [0.2, 0.25) is 0 Å². The fourth-order valence-corrected chi connectivity index (χ4v) is 2.65. The Morgan fingerprint density at radius 1 is 1.39 bits per heavy atom. The van der Waals surface area contributed by atoms with Crippen LogP contribution in [0.25, 0.3) is 0 Å². The zero-order chi connectivity index (χ0) is 13.8. The first-order valence-electron chi connectivity index (χ1n) is 5.78. The van der Waals surface area contributed by atoms with Gasteiger partial charge in [0.05, 0.1) is 12.1 Å². The van der Waals surface area contributed by atoms with Crippen LogP contribution in [0.4, 0.5) is 18.3 Å². The first kappa shape index (κ1) is 15.2. The van der Waals surface area contributed by atoms with Crippen molar-refractivity contribution in [2.75, 3.05) is 25.5 Å². The molecule has 7 heteroatoms. The summed E-state index contributed by atoms with van der Waals surface area (Å²) in [6, 6.07) is 0. The molecule has 0 aromatic carbocycles. The summed E-state index contributed by atoms with van der Waals surface area (Å²) in [6.45, 7) is 2.64. The fraction of sp³-hybridized carbons (Fsp3) is 0.727. The van der Waals surface area contributed by atoms with Gasteiger partial charge < -0.3 is 10.2 Å². The van der Waals surface area contributed by atoms with Crippen molar-refractivity contribution in [3.05, 3.63) is 10.6 Å². The molecule has 1 N–H and O–H groups in total. The molecular formula is C11H18F3N3S. The van der Waals surface area contributed by atoms with Gasteiger partial charge in [0.25, 0.3) is 0 Å². The molecule has 0 radical (unpaired) electrons. The number of hydrogen-bond acceptors (Lipinski definition) is 4. The second-order valence-corrected chi connectivity index (χ2v) is 5.10. The maximum atomic E-state index is 12.1.